The average molecular weight is 285 g/mol. The lowest BCUT2D eigenvalue weighted by atomic mass is 9.99. The van der Waals surface area contributed by atoms with Gasteiger partial charge in [0, 0.05) is 18.1 Å². The van der Waals surface area contributed by atoms with Gasteiger partial charge < -0.3 is 10.0 Å². The molecule has 1 aromatic carbocycles. The quantitative estimate of drug-likeness (QED) is 0.915. The lowest BCUT2D eigenvalue weighted by Gasteiger charge is -2.31. The molecule has 0 radical (unpaired) electrons. The fraction of sp³-hybridized carbons (Fsp3) is 0.471. The van der Waals surface area contributed by atoms with Crippen LogP contribution in [0.2, 0.25) is 0 Å². The minimum absolute atomic E-state index is 0.131. The Morgan fingerprint density at radius 2 is 2.10 bits per heavy atom. The number of aliphatic hydroxyl groups is 1. The number of benzene rings is 1. The van der Waals surface area contributed by atoms with Crippen molar-refractivity contribution in [1.29, 1.82) is 0 Å². The van der Waals surface area contributed by atoms with Crippen LogP contribution in [0.15, 0.2) is 36.5 Å². The summed E-state index contributed by atoms with van der Waals surface area (Å²) < 4.78 is 0. The minimum atomic E-state index is -0.472. The fourth-order valence-electron chi connectivity index (χ4n) is 3.15. The Kier molecular flexibility index (Phi) is 4.19. The normalized spacial score (nSPS) is 23.1. The van der Waals surface area contributed by atoms with E-state index < -0.39 is 6.10 Å². The predicted molar refractivity (Wildman–Crippen MR) is 85.2 cm³/mol. The molecule has 4 heteroatoms. The van der Waals surface area contributed by atoms with Crippen LogP contribution in [-0.4, -0.2) is 59.7 Å². The molecule has 1 saturated heterocycles. The molecule has 0 aliphatic carbocycles. The highest BCUT2D eigenvalue weighted by molar-refractivity contribution is 5.79. The smallest absolute Gasteiger partial charge is 0.0957 e. The number of pyridine rings is 1. The van der Waals surface area contributed by atoms with Crippen molar-refractivity contribution in [3.05, 3.63) is 42.1 Å². The second kappa shape index (κ2) is 6.10. The van der Waals surface area contributed by atoms with Crippen molar-refractivity contribution in [3.63, 3.8) is 0 Å². The Morgan fingerprint density at radius 1 is 1.24 bits per heavy atom. The Bertz CT molecular complexity index is 616. The molecule has 1 fully saturated rings. The van der Waals surface area contributed by atoms with E-state index in [1.54, 1.807) is 6.20 Å². The topological polar surface area (TPSA) is 39.6 Å². The fourth-order valence-corrected chi connectivity index (χ4v) is 3.15. The largest absolute Gasteiger partial charge is 0.387 e. The van der Waals surface area contributed by atoms with Crippen molar-refractivity contribution in [2.75, 3.05) is 33.7 Å². The molecule has 2 atom stereocenters. The maximum atomic E-state index is 10.8. The van der Waals surface area contributed by atoms with Gasteiger partial charge in [-0.3, -0.25) is 9.88 Å². The summed E-state index contributed by atoms with van der Waals surface area (Å²) in [5, 5.41) is 11.9. The molecule has 1 aliphatic heterocycles. The summed E-state index contributed by atoms with van der Waals surface area (Å²) in [4.78, 5) is 8.92. The molecule has 0 spiro atoms. The summed E-state index contributed by atoms with van der Waals surface area (Å²) in [5.74, 6) is 0. The van der Waals surface area contributed by atoms with Gasteiger partial charge in [-0.15, -0.1) is 0 Å². The molecule has 2 heterocycles. The van der Waals surface area contributed by atoms with Crippen LogP contribution >= 0.6 is 0 Å². The Balaban J connectivity index is 1.89. The van der Waals surface area contributed by atoms with Gasteiger partial charge in [0.05, 0.1) is 17.7 Å². The number of likely N-dealkylation sites (N-methyl/N-ethyl adjacent to an activating group) is 2. The molecule has 3 rings (SSSR count). The SMILES string of the molecule is CN1CCCN(C)C(C(O)c2ccc3ncccc3c2)C1. The van der Waals surface area contributed by atoms with E-state index in [0.717, 1.165) is 42.5 Å². The van der Waals surface area contributed by atoms with Crippen LogP contribution in [-0.2, 0) is 0 Å². The average Bonchev–Trinajstić information content (AvgIpc) is 2.67. The number of aliphatic hydroxyl groups excluding tert-OH is 1. The van der Waals surface area contributed by atoms with Gasteiger partial charge >= 0.3 is 0 Å². The van der Waals surface area contributed by atoms with Crippen molar-refractivity contribution in [2.45, 2.75) is 18.6 Å². The van der Waals surface area contributed by atoms with Crippen LogP contribution < -0.4 is 0 Å². The third-order valence-corrected chi connectivity index (χ3v) is 4.45. The third kappa shape index (κ3) is 3.07. The first kappa shape index (κ1) is 14.4. The number of hydrogen-bond donors (Lipinski definition) is 1. The zero-order chi connectivity index (χ0) is 14.8. The third-order valence-electron chi connectivity index (χ3n) is 4.45. The summed E-state index contributed by atoms with van der Waals surface area (Å²) in [5.41, 5.74) is 1.95. The van der Waals surface area contributed by atoms with Crippen LogP contribution in [0.3, 0.4) is 0 Å². The number of nitrogens with zero attached hydrogens (tertiary/aromatic N) is 3. The summed E-state index contributed by atoms with van der Waals surface area (Å²) >= 11 is 0. The lowest BCUT2D eigenvalue weighted by Crippen LogP contribution is -2.42. The van der Waals surface area contributed by atoms with Crippen LogP contribution in [0.25, 0.3) is 10.9 Å². The first-order chi connectivity index (χ1) is 10.1. The number of hydrogen-bond acceptors (Lipinski definition) is 4. The minimum Gasteiger partial charge on any atom is -0.387 e. The van der Waals surface area contributed by atoms with E-state index in [1.165, 1.54) is 0 Å². The summed E-state index contributed by atoms with van der Waals surface area (Å²) in [6.07, 6.45) is 2.48. The van der Waals surface area contributed by atoms with Crippen molar-refractivity contribution in [3.8, 4) is 0 Å². The zero-order valence-corrected chi connectivity index (χ0v) is 12.7. The summed E-state index contributed by atoms with van der Waals surface area (Å²) in [6.45, 7) is 3.01. The molecular weight excluding hydrogens is 262 g/mol. The molecular formula is C17H23N3O. The van der Waals surface area contributed by atoms with Crippen molar-refractivity contribution >= 4 is 10.9 Å². The van der Waals surface area contributed by atoms with E-state index >= 15 is 0 Å². The van der Waals surface area contributed by atoms with E-state index in [4.69, 9.17) is 0 Å². The molecule has 1 aliphatic rings. The molecule has 4 nitrogen and oxygen atoms in total. The summed E-state index contributed by atoms with van der Waals surface area (Å²) in [6, 6.07) is 10.2. The first-order valence-corrected chi connectivity index (χ1v) is 7.56. The first-order valence-electron chi connectivity index (χ1n) is 7.56. The van der Waals surface area contributed by atoms with Crippen LogP contribution in [0, 0.1) is 0 Å². The maximum absolute atomic E-state index is 10.8. The molecule has 0 saturated carbocycles. The molecule has 2 unspecified atom stereocenters. The van der Waals surface area contributed by atoms with Gasteiger partial charge in [-0.05, 0) is 57.4 Å². The zero-order valence-electron chi connectivity index (χ0n) is 12.7. The molecule has 2 aromatic rings. The molecule has 0 amide bonds. The number of fused-ring (bicyclic) bond motifs is 1. The second-order valence-corrected chi connectivity index (χ2v) is 6.06. The highest BCUT2D eigenvalue weighted by Gasteiger charge is 2.28. The van der Waals surface area contributed by atoms with Crippen molar-refractivity contribution in [2.24, 2.45) is 0 Å². The number of aromatic nitrogens is 1. The second-order valence-electron chi connectivity index (χ2n) is 6.06. The van der Waals surface area contributed by atoms with Gasteiger partial charge in [0.2, 0.25) is 0 Å². The van der Waals surface area contributed by atoms with E-state index in [2.05, 4.69) is 34.9 Å². The summed E-state index contributed by atoms with van der Waals surface area (Å²) in [7, 11) is 4.23. The van der Waals surface area contributed by atoms with Gasteiger partial charge in [0.15, 0.2) is 0 Å². The van der Waals surface area contributed by atoms with Crippen LogP contribution in [0.5, 0.6) is 0 Å². The molecule has 0 bridgehead atoms. The standard InChI is InChI=1S/C17H23N3O/c1-19-9-4-10-20(2)16(12-19)17(21)14-6-7-15-13(11-14)5-3-8-18-15/h3,5-8,11,16-17,21H,4,9-10,12H2,1-2H3. The van der Waals surface area contributed by atoms with Crippen molar-refractivity contribution in [1.82, 2.24) is 14.8 Å². The lowest BCUT2D eigenvalue weighted by molar-refractivity contribution is 0.0573. The molecule has 112 valence electrons. The molecule has 1 N–H and O–H groups in total. The van der Waals surface area contributed by atoms with Gasteiger partial charge in [-0.1, -0.05) is 12.1 Å². The van der Waals surface area contributed by atoms with Gasteiger partial charge in [-0.25, -0.2) is 0 Å². The maximum Gasteiger partial charge on any atom is 0.0957 e. The van der Waals surface area contributed by atoms with Crippen molar-refractivity contribution < 1.29 is 5.11 Å². The molecule has 1 aromatic heterocycles. The van der Waals surface area contributed by atoms with Gasteiger partial charge in [-0.2, -0.15) is 0 Å². The Labute approximate surface area is 126 Å². The predicted octanol–water partition coefficient (Wildman–Crippen LogP) is 1.90. The van der Waals surface area contributed by atoms with Crippen LogP contribution in [0.1, 0.15) is 18.1 Å². The van der Waals surface area contributed by atoms with E-state index in [0.29, 0.717) is 0 Å². The van der Waals surface area contributed by atoms with E-state index in [1.807, 2.05) is 24.3 Å². The van der Waals surface area contributed by atoms with Gasteiger partial charge in [0.1, 0.15) is 0 Å². The van der Waals surface area contributed by atoms with E-state index in [-0.39, 0.29) is 6.04 Å². The van der Waals surface area contributed by atoms with Gasteiger partial charge in [0.25, 0.3) is 0 Å². The highest BCUT2D eigenvalue weighted by Crippen LogP contribution is 2.25. The monoisotopic (exact) mass is 285 g/mol. The molecule has 21 heavy (non-hydrogen) atoms. The van der Waals surface area contributed by atoms with E-state index in [9.17, 15) is 5.11 Å². The Morgan fingerprint density at radius 3 is 2.95 bits per heavy atom. The Hall–Kier alpha value is -1.49. The highest BCUT2D eigenvalue weighted by atomic mass is 16.3. The van der Waals surface area contributed by atoms with Crippen LogP contribution in [0.4, 0.5) is 0 Å². The number of rotatable bonds is 2.